The third-order valence-electron chi connectivity index (χ3n) is 4.60. The number of nitrogens with zero attached hydrogens (tertiary/aromatic N) is 1. The van der Waals surface area contributed by atoms with Gasteiger partial charge in [0.1, 0.15) is 11.3 Å². The Kier molecular flexibility index (Phi) is 4.60. The van der Waals surface area contributed by atoms with Crippen LogP contribution >= 0.6 is 0 Å². The second-order valence-corrected chi connectivity index (χ2v) is 6.93. The molecule has 0 saturated heterocycles. The molecule has 0 spiro atoms. The number of aromatic nitrogens is 1. The maximum atomic E-state index is 12.3. The van der Waals surface area contributed by atoms with Crippen molar-refractivity contribution in [1.29, 1.82) is 0 Å². The van der Waals surface area contributed by atoms with Crippen LogP contribution in [0, 0.1) is 5.92 Å². The van der Waals surface area contributed by atoms with Gasteiger partial charge in [0.2, 0.25) is 0 Å². The highest BCUT2D eigenvalue weighted by Crippen LogP contribution is 2.27. The van der Waals surface area contributed by atoms with E-state index in [2.05, 4.69) is 18.8 Å². The van der Waals surface area contributed by atoms with Crippen molar-refractivity contribution in [2.45, 2.75) is 64.7 Å². The van der Waals surface area contributed by atoms with Crippen molar-refractivity contribution < 1.29 is 9.21 Å². The molecule has 0 radical (unpaired) electrons. The molecule has 0 amide bonds. The van der Waals surface area contributed by atoms with E-state index in [-0.39, 0.29) is 5.92 Å². The summed E-state index contributed by atoms with van der Waals surface area (Å²) in [5, 5.41) is 0. The summed E-state index contributed by atoms with van der Waals surface area (Å²) in [5.41, 5.74) is 2.73. The van der Waals surface area contributed by atoms with Gasteiger partial charge in [-0.1, -0.05) is 52.0 Å². The van der Waals surface area contributed by atoms with Gasteiger partial charge >= 0.3 is 0 Å². The normalized spacial score (nSPS) is 16.5. The van der Waals surface area contributed by atoms with Crippen molar-refractivity contribution in [3.63, 3.8) is 0 Å². The number of benzene rings is 1. The Balaban J connectivity index is 1.66. The fraction of sp³-hybridized carbons (Fsp3) is 0.579. The average molecular weight is 299 g/mol. The maximum absolute atomic E-state index is 12.3. The Morgan fingerprint density at radius 2 is 2.05 bits per heavy atom. The SMILES string of the molecule is CC(C)c1nc2cc(CC(=O)CC3CCCCC3)ccc2o1. The molecular weight excluding hydrogens is 274 g/mol. The quantitative estimate of drug-likeness (QED) is 0.777. The number of rotatable bonds is 5. The summed E-state index contributed by atoms with van der Waals surface area (Å²) in [7, 11) is 0. The molecule has 1 heterocycles. The van der Waals surface area contributed by atoms with E-state index in [9.17, 15) is 4.79 Å². The number of ketones is 1. The summed E-state index contributed by atoms with van der Waals surface area (Å²) in [5.74, 6) is 2.02. The summed E-state index contributed by atoms with van der Waals surface area (Å²) in [6.45, 7) is 4.14. The smallest absolute Gasteiger partial charge is 0.198 e. The van der Waals surface area contributed by atoms with Gasteiger partial charge in [-0.3, -0.25) is 4.79 Å². The van der Waals surface area contributed by atoms with Crippen LogP contribution < -0.4 is 0 Å². The van der Waals surface area contributed by atoms with Crippen LogP contribution in [0.25, 0.3) is 11.1 Å². The molecule has 0 bridgehead atoms. The fourth-order valence-corrected chi connectivity index (χ4v) is 3.36. The Labute approximate surface area is 132 Å². The van der Waals surface area contributed by atoms with Gasteiger partial charge in [0, 0.05) is 18.8 Å². The number of hydrogen-bond acceptors (Lipinski definition) is 3. The third-order valence-corrected chi connectivity index (χ3v) is 4.60. The van der Waals surface area contributed by atoms with Crippen molar-refractivity contribution >= 4 is 16.9 Å². The highest BCUT2D eigenvalue weighted by Gasteiger charge is 2.17. The van der Waals surface area contributed by atoms with E-state index >= 15 is 0 Å². The number of Topliss-reactive ketones (excluding diaryl/α,β-unsaturated/α-hetero) is 1. The molecule has 1 aliphatic rings. The van der Waals surface area contributed by atoms with E-state index in [0.717, 1.165) is 29.0 Å². The van der Waals surface area contributed by atoms with Crippen molar-refractivity contribution in [2.24, 2.45) is 5.92 Å². The first-order chi connectivity index (χ1) is 10.6. The molecular formula is C19H25NO2. The van der Waals surface area contributed by atoms with Crippen LogP contribution in [0.4, 0.5) is 0 Å². The Bertz CT molecular complexity index is 650. The molecule has 1 fully saturated rings. The van der Waals surface area contributed by atoms with Gasteiger partial charge in [0.05, 0.1) is 0 Å². The van der Waals surface area contributed by atoms with Crippen LogP contribution in [-0.4, -0.2) is 10.8 Å². The summed E-state index contributed by atoms with van der Waals surface area (Å²) in [6, 6.07) is 5.94. The van der Waals surface area contributed by atoms with Crippen LogP contribution in [-0.2, 0) is 11.2 Å². The molecule has 0 unspecified atom stereocenters. The first-order valence-corrected chi connectivity index (χ1v) is 8.53. The summed E-state index contributed by atoms with van der Waals surface area (Å²) in [6.07, 6.45) is 7.65. The summed E-state index contributed by atoms with van der Waals surface area (Å²) in [4.78, 5) is 16.8. The molecule has 0 aliphatic heterocycles. The van der Waals surface area contributed by atoms with Crippen molar-refractivity contribution in [2.75, 3.05) is 0 Å². The Morgan fingerprint density at radius 3 is 2.77 bits per heavy atom. The van der Waals surface area contributed by atoms with Crippen LogP contribution in [0.1, 0.15) is 69.7 Å². The summed E-state index contributed by atoms with van der Waals surface area (Å²) >= 11 is 0. The van der Waals surface area contributed by atoms with E-state index in [4.69, 9.17) is 4.42 Å². The van der Waals surface area contributed by atoms with Gasteiger partial charge in [0.15, 0.2) is 11.5 Å². The molecule has 2 aromatic rings. The average Bonchev–Trinajstić information content (AvgIpc) is 2.91. The number of hydrogen-bond donors (Lipinski definition) is 0. The van der Waals surface area contributed by atoms with Crippen molar-refractivity contribution in [1.82, 2.24) is 4.98 Å². The third kappa shape index (κ3) is 3.57. The molecule has 3 heteroatoms. The fourth-order valence-electron chi connectivity index (χ4n) is 3.36. The predicted octanol–water partition coefficient (Wildman–Crippen LogP) is 5.03. The zero-order valence-electron chi connectivity index (χ0n) is 13.6. The van der Waals surface area contributed by atoms with E-state index in [1.54, 1.807) is 0 Å². The minimum absolute atomic E-state index is 0.281. The van der Waals surface area contributed by atoms with E-state index < -0.39 is 0 Å². The molecule has 1 saturated carbocycles. The van der Waals surface area contributed by atoms with Gasteiger partial charge < -0.3 is 4.42 Å². The first-order valence-electron chi connectivity index (χ1n) is 8.53. The molecule has 22 heavy (non-hydrogen) atoms. The van der Waals surface area contributed by atoms with Crippen molar-refractivity contribution in [3.05, 3.63) is 29.7 Å². The van der Waals surface area contributed by atoms with Crippen LogP contribution in [0.2, 0.25) is 0 Å². The molecule has 1 aliphatic carbocycles. The number of carbonyl (C=O) groups is 1. The standard InChI is InChI=1S/C19H25NO2/c1-13(2)19-20-17-12-15(8-9-18(17)22-19)11-16(21)10-14-6-4-3-5-7-14/h8-9,12-14H,3-7,10-11H2,1-2H3. The van der Waals surface area contributed by atoms with Crippen molar-refractivity contribution in [3.8, 4) is 0 Å². The van der Waals surface area contributed by atoms with Crippen LogP contribution in [0.5, 0.6) is 0 Å². The number of fused-ring (bicyclic) bond motifs is 1. The molecule has 3 rings (SSSR count). The van der Waals surface area contributed by atoms with Crippen LogP contribution in [0.15, 0.2) is 22.6 Å². The van der Waals surface area contributed by atoms with Gasteiger partial charge in [0.25, 0.3) is 0 Å². The van der Waals surface area contributed by atoms with Gasteiger partial charge in [-0.15, -0.1) is 0 Å². The summed E-state index contributed by atoms with van der Waals surface area (Å²) < 4.78 is 5.71. The largest absolute Gasteiger partial charge is 0.440 e. The molecule has 3 nitrogen and oxygen atoms in total. The second-order valence-electron chi connectivity index (χ2n) is 6.93. The lowest BCUT2D eigenvalue weighted by molar-refractivity contribution is -0.119. The lowest BCUT2D eigenvalue weighted by Gasteiger charge is -2.20. The lowest BCUT2D eigenvalue weighted by Crippen LogP contribution is -2.13. The Hall–Kier alpha value is -1.64. The molecule has 118 valence electrons. The minimum Gasteiger partial charge on any atom is -0.440 e. The lowest BCUT2D eigenvalue weighted by atomic mass is 9.85. The van der Waals surface area contributed by atoms with E-state index in [1.807, 2.05) is 18.2 Å². The monoisotopic (exact) mass is 299 g/mol. The number of oxazole rings is 1. The second kappa shape index (κ2) is 6.64. The topological polar surface area (TPSA) is 43.1 Å². The van der Waals surface area contributed by atoms with E-state index in [1.165, 1.54) is 32.1 Å². The maximum Gasteiger partial charge on any atom is 0.198 e. The molecule has 1 aromatic carbocycles. The highest BCUT2D eigenvalue weighted by atomic mass is 16.3. The molecule has 0 atom stereocenters. The zero-order valence-corrected chi connectivity index (χ0v) is 13.6. The minimum atomic E-state index is 0.281. The van der Waals surface area contributed by atoms with Crippen LogP contribution in [0.3, 0.4) is 0 Å². The predicted molar refractivity (Wildman–Crippen MR) is 88.0 cm³/mol. The highest BCUT2D eigenvalue weighted by molar-refractivity contribution is 5.83. The molecule has 1 aromatic heterocycles. The van der Waals surface area contributed by atoms with E-state index in [0.29, 0.717) is 18.1 Å². The molecule has 0 N–H and O–H groups in total. The van der Waals surface area contributed by atoms with Gasteiger partial charge in [-0.25, -0.2) is 4.98 Å². The first kappa shape index (κ1) is 15.3. The zero-order chi connectivity index (χ0) is 15.5. The van der Waals surface area contributed by atoms with Gasteiger partial charge in [-0.2, -0.15) is 0 Å². The Morgan fingerprint density at radius 1 is 1.27 bits per heavy atom. The van der Waals surface area contributed by atoms with Gasteiger partial charge in [-0.05, 0) is 23.6 Å². The number of carbonyl (C=O) groups excluding carboxylic acids is 1.